The van der Waals surface area contributed by atoms with Crippen molar-refractivity contribution in [3.8, 4) is 0 Å². The molecule has 0 unspecified atom stereocenters. The first-order valence-electron chi connectivity index (χ1n) is 4.02. The molecule has 0 aromatic heterocycles. The number of alkyl carbamates (subject to hydrolysis) is 1. The standard InChI is InChI=1S/C8H14FNO2/c1-8(2,3)12-7(11)10-6-4-5(6)9/h5-6H,4H2,1-3H3,(H,10,11)/t5-,6+/m1/s1. The number of carbonyl (C=O) groups excluding carboxylic acids is 1. The van der Waals surface area contributed by atoms with E-state index in [1.807, 2.05) is 0 Å². The van der Waals surface area contributed by atoms with E-state index < -0.39 is 17.9 Å². The van der Waals surface area contributed by atoms with Gasteiger partial charge in [0, 0.05) is 6.42 Å². The lowest BCUT2D eigenvalue weighted by Gasteiger charge is -2.19. The van der Waals surface area contributed by atoms with Crippen molar-refractivity contribution in [1.29, 1.82) is 0 Å². The van der Waals surface area contributed by atoms with E-state index in [0.29, 0.717) is 6.42 Å². The minimum atomic E-state index is -0.877. The van der Waals surface area contributed by atoms with Crippen LogP contribution in [0, 0.1) is 0 Å². The highest BCUT2D eigenvalue weighted by Gasteiger charge is 2.39. The van der Waals surface area contributed by atoms with Gasteiger partial charge >= 0.3 is 6.09 Å². The van der Waals surface area contributed by atoms with Gasteiger partial charge in [-0.15, -0.1) is 0 Å². The number of nitrogens with one attached hydrogen (secondary N) is 1. The van der Waals surface area contributed by atoms with Crippen molar-refractivity contribution in [2.24, 2.45) is 0 Å². The van der Waals surface area contributed by atoms with Crippen LogP contribution >= 0.6 is 0 Å². The highest BCUT2D eigenvalue weighted by atomic mass is 19.1. The Morgan fingerprint density at radius 2 is 2.08 bits per heavy atom. The molecule has 1 saturated carbocycles. The van der Waals surface area contributed by atoms with Crippen molar-refractivity contribution < 1.29 is 13.9 Å². The molecule has 1 fully saturated rings. The predicted octanol–water partition coefficient (Wildman–Crippen LogP) is 1.62. The molecule has 1 aliphatic carbocycles. The normalized spacial score (nSPS) is 28.0. The topological polar surface area (TPSA) is 38.3 Å². The minimum absolute atomic E-state index is 0.320. The molecule has 0 aliphatic heterocycles. The second kappa shape index (κ2) is 2.92. The molecular formula is C8H14FNO2. The third kappa shape index (κ3) is 3.07. The number of amides is 1. The van der Waals surface area contributed by atoms with Gasteiger partial charge in [-0.3, -0.25) is 0 Å². The third-order valence-electron chi connectivity index (χ3n) is 1.41. The SMILES string of the molecule is CC(C)(C)OC(=O)N[C@H]1C[C@H]1F. The molecule has 1 N–H and O–H groups in total. The fraction of sp³-hybridized carbons (Fsp3) is 0.875. The summed E-state index contributed by atoms with van der Waals surface area (Å²) in [5.41, 5.74) is -0.509. The zero-order valence-corrected chi connectivity index (χ0v) is 7.56. The van der Waals surface area contributed by atoms with Crippen LogP contribution in [0.15, 0.2) is 0 Å². The highest BCUT2D eigenvalue weighted by Crippen LogP contribution is 2.25. The number of hydrogen-bond acceptors (Lipinski definition) is 2. The summed E-state index contributed by atoms with van der Waals surface area (Å²) in [6.45, 7) is 5.31. The zero-order valence-electron chi connectivity index (χ0n) is 7.56. The van der Waals surface area contributed by atoms with Crippen LogP contribution in [0.25, 0.3) is 0 Å². The van der Waals surface area contributed by atoms with E-state index in [0.717, 1.165) is 0 Å². The summed E-state index contributed by atoms with van der Waals surface area (Å²) in [6.07, 6.45) is -0.996. The van der Waals surface area contributed by atoms with Gasteiger partial charge in [0.15, 0.2) is 0 Å². The van der Waals surface area contributed by atoms with Gasteiger partial charge in [0.2, 0.25) is 0 Å². The molecule has 4 heteroatoms. The van der Waals surface area contributed by atoms with Crippen LogP contribution in [-0.4, -0.2) is 23.9 Å². The van der Waals surface area contributed by atoms with Crippen molar-refractivity contribution in [2.75, 3.05) is 0 Å². The van der Waals surface area contributed by atoms with E-state index in [-0.39, 0.29) is 6.04 Å². The maximum Gasteiger partial charge on any atom is 0.407 e. The number of ether oxygens (including phenoxy) is 1. The van der Waals surface area contributed by atoms with E-state index in [2.05, 4.69) is 5.32 Å². The Kier molecular flexibility index (Phi) is 2.26. The van der Waals surface area contributed by atoms with E-state index >= 15 is 0 Å². The van der Waals surface area contributed by atoms with Crippen LogP contribution in [0.4, 0.5) is 9.18 Å². The van der Waals surface area contributed by atoms with Crippen LogP contribution in [0.2, 0.25) is 0 Å². The number of rotatable bonds is 1. The summed E-state index contributed by atoms with van der Waals surface area (Å²) in [7, 11) is 0. The maximum absolute atomic E-state index is 12.3. The van der Waals surface area contributed by atoms with Crippen molar-refractivity contribution in [3.05, 3.63) is 0 Å². The molecule has 1 amide bonds. The first-order chi connectivity index (χ1) is 5.38. The van der Waals surface area contributed by atoms with Crippen LogP contribution in [0.1, 0.15) is 27.2 Å². The van der Waals surface area contributed by atoms with Gasteiger partial charge in [-0.2, -0.15) is 0 Å². The molecule has 1 aliphatic rings. The van der Waals surface area contributed by atoms with Crippen molar-refractivity contribution in [3.63, 3.8) is 0 Å². The number of alkyl halides is 1. The van der Waals surface area contributed by atoms with E-state index in [1.165, 1.54) is 0 Å². The van der Waals surface area contributed by atoms with Crippen LogP contribution < -0.4 is 5.32 Å². The zero-order chi connectivity index (χ0) is 9.35. The third-order valence-corrected chi connectivity index (χ3v) is 1.41. The fourth-order valence-electron chi connectivity index (χ4n) is 0.772. The molecule has 0 spiro atoms. The largest absolute Gasteiger partial charge is 0.444 e. The molecule has 1 rings (SSSR count). The Hall–Kier alpha value is -0.800. The summed E-state index contributed by atoms with van der Waals surface area (Å²) in [6, 6.07) is -0.320. The number of hydrogen-bond donors (Lipinski definition) is 1. The fourth-order valence-corrected chi connectivity index (χ4v) is 0.772. The first-order valence-corrected chi connectivity index (χ1v) is 4.02. The second-order valence-corrected chi connectivity index (χ2v) is 4.00. The van der Waals surface area contributed by atoms with Crippen LogP contribution in [-0.2, 0) is 4.74 Å². The van der Waals surface area contributed by atoms with Gasteiger partial charge in [-0.05, 0) is 20.8 Å². The van der Waals surface area contributed by atoms with Crippen molar-refractivity contribution in [1.82, 2.24) is 5.32 Å². The van der Waals surface area contributed by atoms with Crippen molar-refractivity contribution in [2.45, 2.75) is 45.0 Å². The Labute approximate surface area is 71.3 Å². The van der Waals surface area contributed by atoms with Gasteiger partial charge in [0.1, 0.15) is 11.8 Å². The lowest BCUT2D eigenvalue weighted by Crippen LogP contribution is -2.34. The van der Waals surface area contributed by atoms with Crippen molar-refractivity contribution >= 4 is 6.09 Å². The molecule has 2 atom stereocenters. The number of carbonyl (C=O) groups is 1. The summed E-state index contributed by atoms with van der Waals surface area (Å²) in [5, 5.41) is 2.42. The Morgan fingerprint density at radius 3 is 2.42 bits per heavy atom. The molecule has 0 saturated heterocycles. The van der Waals surface area contributed by atoms with Gasteiger partial charge in [0.25, 0.3) is 0 Å². The monoisotopic (exact) mass is 175 g/mol. The minimum Gasteiger partial charge on any atom is -0.444 e. The molecule has 12 heavy (non-hydrogen) atoms. The molecule has 0 heterocycles. The van der Waals surface area contributed by atoms with Gasteiger partial charge in [0.05, 0.1) is 6.04 Å². The van der Waals surface area contributed by atoms with Gasteiger partial charge < -0.3 is 10.1 Å². The average molecular weight is 175 g/mol. The summed E-state index contributed by atoms with van der Waals surface area (Å²) >= 11 is 0. The maximum atomic E-state index is 12.3. The Bertz CT molecular complexity index is 188. The Balaban J connectivity index is 2.21. The molecule has 0 aromatic carbocycles. The molecule has 0 bridgehead atoms. The molecule has 70 valence electrons. The second-order valence-electron chi connectivity index (χ2n) is 4.00. The summed E-state index contributed by atoms with van der Waals surface area (Å²) in [5.74, 6) is 0. The predicted molar refractivity (Wildman–Crippen MR) is 42.7 cm³/mol. The smallest absolute Gasteiger partial charge is 0.407 e. The summed E-state index contributed by atoms with van der Waals surface area (Å²) in [4.78, 5) is 11.0. The molecule has 0 aromatic rings. The van der Waals surface area contributed by atoms with Crippen LogP contribution in [0.3, 0.4) is 0 Å². The quantitative estimate of drug-likeness (QED) is 0.657. The van der Waals surface area contributed by atoms with E-state index in [1.54, 1.807) is 20.8 Å². The highest BCUT2D eigenvalue weighted by molar-refractivity contribution is 5.68. The van der Waals surface area contributed by atoms with E-state index in [9.17, 15) is 9.18 Å². The first kappa shape index (κ1) is 9.29. The lowest BCUT2D eigenvalue weighted by atomic mass is 10.2. The van der Waals surface area contributed by atoms with E-state index in [4.69, 9.17) is 4.74 Å². The van der Waals surface area contributed by atoms with Gasteiger partial charge in [-0.1, -0.05) is 0 Å². The molecule has 3 nitrogen and oxygen atoms in total. The van der Waals surface area contributed by atoms with Crippen LogP contribution in [0.5, 0.6) is 0 Å². The summed E-state index contributed by atoms with van der Waals surface area (Å²) < 4.78 is 17.2. The lowest BCUT2D eigenvalue weighted by molar-refractivity contribution is 0.0519. The molecule has 0 radical (unpaired) electrons. The Morgan fingerprint density at radius 1 is 1.58 bits per heavy atom. The van der Waals surface area contributed by atoms with Gasteiger partial charge in [-0.25, -0.2) is 9.18 Å². The number of halogens is 1. The average Bonchev–Trinajstić information content (AvgIpc) is 2.40. The molecular weight excluding hydrogens is 161 g/mol.